The number of methoxy groups -OCH3 is 1. The number of aromatic nitrogens is 1. The molecule has 7 nitrogen and oxygen atoms in total. The van der Waals surface area contributed by atoms with Gasteiger partial charge < -0.3 is 24.7 Å². The van der Waals surface area contributed by atoms with Crippen molar-refractivity contribution in [2.24, 2.45) is 0 Å². The van der Waals surface area contributed by atoms with E-state index >= 15 is 0 Å². The number of pyridine rings is 1. The van der Waals surface area contributed by atoms with E-state index in [0.717, 1.165) is 48.1 Å². The summed E-state index contributed by atoms with van der Waals surface area (Å²) in [6, 6.07) is 13.7. The molecular weight excluding hydrogens is 478 g/mol. The first-order valence-electron chi connectivity index (χ1n) is 12.3. The topological polar surface area (TPSA) is 81.6 Å². The van der Waals surface area contributed by atoms with Gasteiger partial charge in [-0.15, -0.1) is 0 Å². The third-order valence-electron chi connectivity index (χ3n) is 6.38. The van der Waals surface area contributed by atoms with Gasteiger partial charge in [0.15, 0.2) is 0 Å². The second kappa shape index (κ2) is 10.8. The molecular formula is C28H34ClN3O4. The molecule has 1 heterocycles. The number of benzene rings is 2. The monoisotopic (exact) mass is 511 g/mol. The van der Waals surface area contributed by atoms with Crippen LogP contribution in [0, 0.1) is 0 Å². The van der Waals surface area contributed by atoms with Gasteiger partial charge in [-0.25, -0.2) is 4.79 Å². The van der Waals surface area contributed by atoms with Crippen molar-refractivity contribution in [1.29, 1.82) is 0 Å². The fourth-order valence-corrected chi connectivity index (χ4v) is 4.76. The number of fused-ring (bicyclic) bond motifs is 1. The highest BCUT2D eigenvalue weighted by molar-refractivity contribution is 6.34. The van der Waals surface area contributed by atoms with E-state index in [2.05, 4.69) is 10.6 Å². The first-order valence-corrected chi connectivity index (χ1v) is 12.7. The number of carbonyl (C=O) groups excluding carboxylic acids is 1. The van der Waals surface area contributed by atoms with Crippen LogP contribution in [0.1, 0.15) is 52.0 Å². The summed E-state index contributed by atoms with van der Waals surface area (Å²) in [5.74, 6) is 0.782. The van der Waals surface area contributed by atoms with Crippen LogP contribution in [0.4, 0.5) is 10.5 Å². The van der Waals surface area contributed by atoms with Crippen molar-refractivity contribution in [3.63, 3.8) is 0 Å². The van der Waals surface area contributed by atoms with E-state index in [1.54, 1.807) is 17.7 Å². The van der Waals surface area contributed by atoms with Crippen LogP contribution in [-0.4, -0.2) is 35.5 Å². The highest BCUT2D eigenvalue weighted by Crippen LogP contribution is 2.30. The molecule has 8 heteroatoms. The zero-order valence-corrected chi connectivity index (χ0v) is 22.0. The average molecular weight is 512 g/mol. The van der Waals surface area contributed by atoms with Crippen LogP contribution in [-0.2, 0) is 11.3 Å². The number of alkyl carbamates (subject to hydrolysis) is 1. The Morgan fingerprint density at radius 3 is 2.36 bits per heavy atom. The Labute approximate surface area is 216 Å². The van der Waals surface area contributed by atoms with Crippen molar-refractivity contribution < 1.29 is 14.3 Å². The molecule has 2 aromatic carbocycles. The van der Waals surface area contributed by atoms with Crippen molar-refractivity contribution in [1.82, 2.24) is 9.88 Å². The molecule has 1 aromatic heterocycles. The molecule has 0 spiro atoms. The van der Waals surface area contributed by atoms with Gasteiger partial charge in [0.05, 0.1) is 24.4 Å². The minimum atomic E-state index is -0.505. The van der Waals surface area contributed by atoms with E-state index in [1.807, 2.05) is 63.4 Å². The number of amides is 1. The minimum Gasteiger partial charge on any atom is -0.497 e. The number of nitrogens with one attached hydrogen (secondary N) is 2. The second-order valence-corrected chi connectivity index (χ2v) is 10.8. The number of rotatable bonds is 6. The van der Waals surface area contributed by atoms with Crippen LogP contribution in [0.5, 0.6) is 5.75 Å². The molecule has 0 atom stereocenters. The lowest BCUT2D eigenvalue weighted by atomic mass is 9.91. The van der Waals surface area contributed by atoms with Gasteiger partial charge in [-0.2, -0.15) is 0 Å². The van der Waals surface area contributed by atoms with Crippen LogP contribution < -0.4 is 20.9 Å². The van der Waals surface area contributed by atoms with Crippen LogP contribution in [0.2, 0.25) is 5.02 Å². The Hall–Kier alpha value is -3.19. The maximum atomic E-state index is 13.1. The maximum Gasteiger partial charge on any atom is 0.407 e. The lowest BCUT2D eigenvalue weighted by molar-refractivity contribution is 0.0492. The first-order chi connectivity index (χ1) is 17.1. The number of nitrogens with zero attached hydrogens (tertiary/aromatic N) is 1. The van der Waals surface area contributed by atoms with Gasteiger partial charge in [-0.05, 0) is 87.7 Å². The molecule has 0 unspecified atom stereocenters. The molecule has 36 heavy (non-hydrogen) atoms. The third-order valence-corrected chi connectivity index (χ3v) is 6.70. The molecule has 0 radical (unpaired) electrons. The van der Waals surface area contributed by atoms with Gasteiger partial charge in [-0.3, -0.25) is 4.79 Å². The van der Waals surface area contributed by atoms with Crippen LogP contribution in [0.25, 0.3) is 10.8 Å². The van der Waals surface area contributed by atoms with Crippen LogP contribution in [0.15, 0.2) is 53.5 Å². The van der Waals surface area contributed by atoms with Gasteiger partial charge in [0.2, 0.25) is 0 Å². The fourth-order valence-electron chi connectivity index (χ4n) is 4.54. The summed E-state index contributed by atoms with van der Waals surface area (Å²) in [7, 11) is 1.63. The van der Waals surface area contributed by atoms with Crippen molar-refractivity contribution in [2.75, 3.05) is 12.4 Å². The zero-order chi connectivity index (χ0) is 25.9. The molecule has 1 aliphatic rings. The number of anilines is 1. The number of hydrogen-bond donors (Lipinski definition) is 2. The summed E-state index contributed by atoms with van der Waals surface area (Å²) in [5.41, 5.74) is 1.25. The van der Waals surface area contributed by atoms with E-state index in [0.29, 0.717) is 17.0 Å². The Bertz CT molecular complexity index is 1270. The molecule has 3 aromatic rings. The Morgan fingerprint density at radius 2 is 1.72 bits per heavy atom. The van der Waals surface area contributed by atoms with Gasteiger partial charge in [0.1, 0.15) is 11.4 Å². The Morgan fingerprint density at radius 1 is 1.06 bits per heavy atom. The summed E-state index contributed by atoms with van der Waals surface area (Å²) in [5, 5.41) is 8.47. The zero-order valence-electron chi connectivity index (χ0n) is 21.3. The molecule has 2 N–H and O–H groups in total. The van der Waals surface area contributed by atoms with E-state index in [4.69, 9.17) is 21.1 Å². The van der Waals surface area contributed by atoms with E-state index in [-0.39, 0.29) is 23.7 Å². The number of halogens is 1. The quantitative estimate of drug-likeness (QED) is 0.426. The smallest absolute Gasteiger partial charge is 0.407 e. The van der Waals surface area contributed by atoms with Gasteiger partial charge in [0.25, 0.3) is 5.56 Å². The molecule has 4 rings (SSSR count). The number of carbonyl (C=O) groups is 1. The summed E-state index contributed by atoms with van der Waals surface area (Å²) >= 11 is 6.60. The highest BCUT2D eigenvalue weighted by atomic mass is 35.5. The summed E-state index contributed by atoms with van der Waals surface area (Å²) in [4.78, 5) is 25.2. The molecule has 1 amide bonds. The number of ether oxygens (including phenoxy) is 2. The number of hydrogen-bond acceptors (Lipinski definition) is 5. The molecule has 0 aliphatic heterocycles. The fraction of sp³-hybridized carbons (Fsp3) is 0.429. The summed E-state index contributed by atoms with van der Waals surface area (Å²) in [6.07, 6.45) is 4.97. The molecule has 0 saturated heterocycles. The predicted octanol–water partition coefficient (Wildman–Crippen LogP) is 5.96. The SMILES string of the molecule is COc1ccc(Cn2ccc3cc(N[C@H]4CC[C@@H](NC(=O)OC(C)(C)C)CC4)c(Cl)cc3c2=O)cc1. The minimum absolute atomic E-state index is 0.0782. The van der Waals surface area contributed by atoms with E-state index < -0.39 is 5.60 Å². The molecule has 1 aliphatic carbocycles. The summed E-state index contributed by atoms with van der Waals surface area (Å²) < 4.78 is 12.3. The second-order valence-electron chi connectivity index (χ2n) is 10.4. The van der Waals surface area contributed by atoms with Crippen molar-refractivity contribution in [3.8, 4) is 5.75 Å². The first kappa shape index (κ1) is 25.9. The molecule has 1 saturated carbocycles. The molecule has 0 bridgehead atoms. The average Bonchev–Trinajstić information content (AvgIpc) is 2.82. The predicted molar refractivity (Wildman–Crippen MR) is 144 cm³/mol. The largest absolute Gasteiger partial charge is 0.497 e. The van der Waals surface area contributed by atoms with Crippen molar-refractivity contribution >= 4 is 34.2 Å². The van der Waals surface area contributed by atoms with Gasteiger partial charge in [-0.1, -0.05) is 23.7 Å². The summed E-state index contributed by atoms with van der Waals surface area (Å²) in [6.45, 7) is 6.04. The Kier molecular flexibility index (Phi) is 7.79. The normalized spacial score (nSPS) is 18.0. The van der Waals surface area contributed by atoms with Crippen LogP contribution in [0.3, 0.4) is 0 Å². The van der Waals surface area contributed by atoms with Gasteiger partial charge >= 0.3 is 6.09 Å². The van der Waals surface area contributed by atoms with Crippen molar-refractivity contribution in [2.45, 2.75) is 70.7 Å². The van der Waals surface area contributed by atoms with Crippen LogP contribution >= 0.6 is 11.6 Å². The van der Waals surface area contributed by atoms with E-state index in [1.165, 1.54) is 0 Å². The molecule has 192 valence electrons. The maximum absolute atomic E-state index is 13.1. The van der Waals surface area contributed by atoms with E-state index in [9.17, 15) is 9.59 Å². The standard InChI is InChI=1S/C28H34ClN3O4/c1-28(2,3)36-27(34)31-21-9-7-20(8-10-21)30-25-15-19-13-14-32(26(33)23(19)16-24(25)29)17-18-5-11-22(35-4)12-6-18/h5-6,11-16,20-21,30H,7-10,17H2,1-4H3,(H,31,34)/t20-,21+. The Balaban J connectivity index is 1.40. The highest BCUT2D eigenvalue weighted by Gasteiger charge is 2.25. The lowest BCUT2D eigenvalue weighted by Crippen LogP contribution is -2.42. The third kappa shape index (κ3) is 6.52. The molecule has 1 fully saturated rings. The van der Waals surface area contributed by atoms with Crippen molar-refractivity contribution in [3.05, 3.63) is 69.6 Å². The lowest BCUT2D eigenvalue weighted by Gasteiger charge is -2.31. The van der Waals surface area contributed by atoms with Gasteiger partial charge in [0, 0.05) is 23.7 Å².